The first kappa shape index (κ1) is 20.7. The summed E-state index contributed by atoms with van der Waals surface area (Å²) in [6.45, 7) is 3.24. The van der Waals surface area contributed by atoms with Crippen LogP contribution in [0.15, 0.2) is 54.6 Å². The van der Waals surface area contributed by atoms with Crippen molar-refractivity contribution in [1.29, 1.82) is 0 Å². The zero-order chi connectivity index (χ0) is 20.6. The number of amides is 3. The minimum atomic E-state index is -0.659. The highest BCUT2D eigenvalue weighted by atomic mass is 16.5. The first-order valence-electron chi connectivity index (χ1n) is 9.86. The van der Waals surface area contributed by atoms with Crippen molar-refractivity contribution in [3.05, 3.63) is 60.2 Å². The van der Waals surface area contributed by atoms with Gasteiger partial charge in [-0.1, -0.05) is 30.3 Å². The van der Waals surface area contributed by atoms with Crippen molar-refractivity contribution in [1.82, 2.24) is 15.1 Å². The molecule has 3 rings (SSSR count). The lowest BCUT2D eigenvalue weighted by molar-refractivity contribution is -0.131. The Morgan fingerprint density at radius 1 is 1.03 bits per heavy atom. The second-order valence-corrected chi connectivity index (χ2v) is 7.29. The van der Waals surface area contributed by atoms with E-state index < -0.39 is 12.1 Å². The summed E-state index contributed by atoms with van der Waals surface area (Å²) in [5.41, 5.74) is 6.15. The third-order valence-corrected chi connectivity index (χ3v) is 5.01. The van der Waals surface area contributed by atoms with Crippen molar-refractivity contribution in [2.24, 2.45) is 5.73 Å². The van der Waals surface area contributed by atoms with Crippen molar-refractivity contribution in [2.45, 2.75) is 18.9 Å². The molecular weight excluding hydrogens is 368 g/mol. The summed E-state index contributed by atoms with van der Waals surface area (Å²) < 4.78 is 5.88. The predicted molar refractivity (Wildman–Crippen MR) is 112 cm³/mol. The number of para-hydroxylation sites is 1. The monoisotopic (exact) mass is 396 g/mol. The number of primary amides is 1. The molecule has 7 nitrogen and oxygen atoms in total. The van der Waals surface area contributed by atoms with E-state index in [-0.39, 0.29) is 12.3 Å². The number of nitrogens with two attached hydrogens (primary N) is 1. The minimum absolute atomic E-state index is 0.00781. The highest BCUT2D eigenvalue weighted by Gasteiger charge is 2.23. The Morgan fingerprint density at radius 2 is 1.79 bits per heavy atom. The molecule has 0 spiro atoms. The van der Waals surface area contributed by atoms with Gasteiger partial charge >= 0.3 is 6.03 Å². The first-order valence-corrected chi connectivity index (χ1v) is 9.86. The van der Waals surface area contributed by atoms with Crippen LogP contribution in [0.2, 0.25) is 0 Å². The molecule has 2 aromatic rings. The Morgan fingerprint density at radius 3 is 2.55 bits per heavy atom. The highest BCUT2D eigenvalue weighted by molar-refractivity contribution is 5.79. The summed E-state index contributed by atoms with van der Waals surface area (Å²) in [6.07, 6.45) is 1.10. The second kappa shape index (κ2) is 9.93. The molecule has 3 N–H and O–H groups in total. The molecule has 1 saturated heterocycles. The Hall–Kier alpha value is -3.06. The van der Waals surface area contributed by atoms with Gasteiger partial charge in [0, 0.05) is 19.6 Å². The lowest BCUT2D eigenvalue weighted by Crippen LogP contribution is -2.39. The number of carbonyl (C=O) groups excluding carboxylic acids is 2. The van der Waals surface area contributed by atoms with Gasteiger partial charge in [-0.05, 0) is 49.8 Å². The van der Waals surface area contributed by atoms with E-state index in [1.165, 1.54) is 0 Å². The van der Waals surface area contributed by atoms with Crippen LogP contribution in [0, 0.1) is 0 Å². The van der Waals surface area contributed by atoms with Crippen LogP contribution in [0.4, 0.5) is 4.79 Å². The predicted octanol–water partition coefficient (Wildman–Crippen LogP) is 2.74. The van der Waals surface area contributed by atoms with Crippen molar-refractivity contribution < 1.29 is 14.3 Å². The largest absolute Gasteiger partial charge is 0.457 e. The summed E-state index contributed by atoms with van der Waals surface area (Å²) >= 11 is 0. The van der Waals surface area contributed by atoms with Gasteiger partial charge in [-0.25, -0.2) is 4.79 Å². The molecule has 0 aromatic heterocycles. The van der Waals surface area contributed by atoms with Gasteiger partial charge in [0.05, 0.1) is 12.5 Å². The van der Waals surface area contributed by atoms with Crippen LogP contribution in [-0.4, -0.2) is 55.0 Å². The smallest absolute Gasteiger partial charge is 0.312 e. The molecular formula is C22H28N4O3. The molecule has 1 unspecified atom stereocenters. The average Bonchev–Trinajstić information content (AvgIpc) is 2.93. The number of nitrogens with zero attached hydrogens (tertiary/aromatic N) is 2. The highest BCUT2D eigenvalue weighted by Crippen LogP contribution is 2.26. The number of hydrogen-bond acceptors (Lipinski definition) is 4. The fourth-order valence-electron chi connectivity index (χ4n) is 3.44. The fraction of sp³-hybridized carbons (Fsp3) is 0.364. The lowest BCUT2D eigenvalue weighted by Gasteiger charge is -2.24. The Bertz CT molecular complexity index is 828. The molecule has 7 heteroatoms. The maximum absolute atomic E-state index is 12.9. The number of likely N-dealkylation sites (N-methyl/N-ethyl adjacent to an activating group) is 1. The number of nitrogens with one attached hydrogen (secondary N) is 1. The second-order valence-electron chi connectivity index (χ2n) is 7.29. The zero-order valence-corrected chi connectivity index (χ0v) is 16.7. The Balaban J connectivity index is 1.73. The number of urea groups is 1. The number of hydrogen-bond donors (Lipinski definition) is 2. The van der Waals surface area contributed by atoms with Crippen LogP contribution in [0.25, 0.3) is 0 Å². The van der Waals surface area contributed by atoms with Crippen LogP contribution in [0.3, 0.4) is 0 Å². The van der Waals surface area contributed by atoms with Gasteiger partial charge in [0.25, 0.3) is 0 Å². The zero-order valence-electron chi connectivity index (χ0n) is 16.7. The van der Waals surface area contributed by atoms with E-state index in [0.717, 1.165) is 31.6 Å². The Kier molecular flexibility index (Phi) is 7.08. The molecule has 0 radical (unpaired) electrons. The van der Waals surface area contributed by atoms with Gasteiger partial charge in [-0.3, -0.25) is 4.79 Å². The molecule has 0 bridgehead atoms. The summed E-state index contributed by atoms with van der Waals surface area (Å²) in [5, 5.41) is 2.71. The summed E-state index contributed by atoms with van der Waals surface area (Å²) in [6, 6.07) is 15.6. The molecule has 1 heterocycles. The van der Waals surface area contributed by atoms with Crippen LogP contribution >= 0.6 is 0 Å². The van der Waals surface area contributed by atoms with Gasteiger partial charge in [-0.15, -0.1) is 0 Å². The van der Waals surface area contributed by atoms with E-state index in [1.54, 1.807) is 0 Å². The maximum Gasteiger partial charge on any atom is 0.312 e. The molecule has 154 valence electrons. The van der Waals surface area contributed by atoms with E-state index >= 15 is 0 Å². The number of carbonyl (C=O) groups is 2. The number of rotatable bonds is 6. The van der Waals surface area contributed by atoms with Crippen LogP contribution < -0.4 is 15.8 Å². The average molecular weight is 396 g/mol. The van der Waals surface area contributed by atoms with E-state index in [2.05, 4.69) is 17.3 Å². The molecule has 0 aliphatic carbocycles. The van der Waals surface area contributed by atoms with Gasteiger partial charge < -0.3 is 25.6 Å². The number of benzene rings is 2. The molecule has 3 amide bonds. The molecule has 29 heavy (non-hydrogen) atoms. The van der Waals surface area contributed by atoms with Crippen molar-refractivity contribution in [2.75, 3.05) is 33.2 Å². The number of ether oxygens (including phenoxy) is 1. The molecule has 1 atom stereocenters. The summed E-state index contributed by atoms with van der Waals surface area (Å²) in [7, 11) is 2.06. The van der Waals surface area contributed by atoms with Gasteiger partial charge in [0.15, 0.2) is 0 Å². The minimum Gasteiger partial charge on any atom is -0.457 e. The summed E-state index contributed by atoms with van der Waals surface area (Å²) in [4.78, 5) is 28.5. The van der Waals surface area contributed by atoms with Gasteiger partial charge in [0.1, 0.15) is 11.5 Å². The lowest BCUT2D eigenvalue weighted by atomic mass is 10.0. The Labute approximate surface area is 171 Å². The fourth-order valence-corrected chi connectivity index (χ4v) is 3.44. The SMILES string of the molecule is CN1CCCN(C(=O)CC(NC(N)=O)c2cccc(Oc3ccccc3)c2)CC1. The van der Waals surface area contributed by atoms with E-state index in [1.807, 2.05) is 59.5 Å². The van der Waals surface area contributed by atoms with Crippen LogP contribution in [0.1, 0.15) is 24.4 Å². The quantitative estimate of drug-likeness (QED) is 0.786. The summed E-state index contributed by atoms with van der Waals surface area (Å²) in [5.74, 6) is 1.36. The van der Waals surface area contributed by atoms with Gasteiger partial charge in [0.2, 0.25) is 5.91 Å². The third kappa shape index (κ3) is 6.22. The molecule has 1 aliphatic rings. The van der Waals surface area contributed by atoms with Crippen molar-refractivity contribution >= 4 is 11.9 Å². The maximum atomic E-state index is 12.9. The molecule has 2 aromatic carbocycles. The van der Waals surface area contributed by atoms with Gasteiger partial charge in [-0.2, -0.15) is 0 Å². The van der Waals surface area contributed by atoms with Crippen LogP contribution in [-0.2, 0) is 4.79 Å². The molecule has 1 aliphatic heterocycles. The van der Waals surface area contributed by atoms with E-state index in [4.69, 9.17) is 10.5 Å². The van der Waals surface area contributed by atoms with E-state index in [0.29, 0.717) is 18.0 Å². The van der Waals surface area contributed by atoms with Crippen molar-refractivity contribution in [3.63, 3.8) is 0 Å². The topological polar surface area (TPSA) is 87.9 Å². The van der Waals surface area contributed by atoms with E-state index in [9.17, 15) is 9.59 Å². The normalized spacial score (nSPS) is 16.0. The third-order valence-electron chi connectivity index (χ3n) is 5.01. The standard InChI is InChI=1S/C22H28N4O3/c1-25-11-6-12-26(14-13-25)21(27)16-20(24-22(23)28)17-7-5-10-19(15-17)29-18-8-3-2-4-9-18/h2-5,7-10,15,20H,6,11-14,16H2,1H3,(H3,23,24,28). The van der Waals surface area contributed by atoms with Crippen molar-refractivity contribution in [3.8, 4) is 11.5 Å². The van der Waals surface area contributed by atoms with Crippen LogP contribution in [0.5, 0.6) is 11.5 Å². The molecule has 1 fully saturated rings. The first-order chi connectivity index (χ1) is 14.0. The molecule has 0 saturated carbocycles.